The van der Waals surface area contributed by atoms with Gasteiger partial charge in [0.15, 0.2) is 0 Å². The van der Waals surface area contributed by atoms with Crippen molar-refractivity contribution in [1.29, 1.82) is 0 Å². The maximum Gasteiger partial charge on any atom is 0.325 e. The van der Waals surface area contributed by atoms with E-state index < -0.39 is 18.0 Å². The summed E-state index contributed by atoms with van der Waals surface area (Å²) in [6, 6.07) is -1.26. The number of carboxylic acids is 1. The molecule has 1 heterocycles. The van der Waals surface area contributed by atoms with Crippen molar-refractivity contribution in [2.75, 3.05) is 12.3 Å². The lowest BCUT2D eigenvalue weighted by Crippen LogP contribution is -2.44. The van der Waals surface area contributed by atoms with Gasteiger partial charge in [0.2, 0.25) is 0 Å². The van der Waals surface area contributed by atoms with Gasteiger partial charge in [0, 0.05) is 17.5 Å². The predicted molar refractivity (Wildman–Crippen MR) is 75.9 cm³/mol. The number of nitrogens with one attached hydrogen (secondary N) is 2. The van der Waals surface area contributed by atoms with Crippen molar-refractivity contribution in [3.63, 3.8) is 0 Å². The molecular weight excluding hydrogens is 272 g/mol. The Morgan fingerprint density at radius 2 is 2.22 bits per heavy atom. The van der Waals surface area contributed by atoms with Gasteiger partial charge in [-0.1, -0.05) is 28.0 Å². The third-order valence-electron chi connectivity index (χ3n) is 2.68. The number of carbonyl (C=O) groups excluding carboxylic acids is 1. The Balaban J connectivity index is 1.96. The molecule has 18 heavy (non-hydrogen) atoms. The molecule has 0 aromatic heterocycles. The second-order valence-electron chi connectivity index (χ2n) is 4.28. The van der Waals surface area contributed by atoms with E-state index >= 15 is 0 Å². The van der Waals surface area contributed by atoms with E-state index in [4.69, 9.17) is 5.11 Å². The number of unbranched alkanes of at least 4 members (excludes halogenated alkanes) is 1. The fraction of sp³-hybridized carbons (Fsp3) is 0.818. The summed E-state index contributed by atoms with van der Waals surface area (Å²) in [5, 5.41) is 14.4. The molecular formula is C11H20N2O3S2. The van der Waals surface area contributed by atoms with E-state index in [0.29, 0.717) is 6.54 Å². The lowest BCUT2D eigenvalue weighted by atomic mass is 10.1. The summed E-state index contributed by atoms with van der Waals surface area (Å²) in [5.74, 6) is 0.226. The summed E-state index contributed by atoms with van der Waals surface area (Å²) in [4.78, 5) is 21.8. The van der Waals surface area contributed by atoms with Crippen LogP contribution in [0.25, 0.3) is 0 Å². The topological polar surface area (TPSA) is 78.4 Å². The van der Waals surface area contributed by atoms with Crippen LogP contribution in [0.4, 0.5) is 4.79 Å². The van der Waals surface area contributed by atoms with E-state index in [-0.39, 0.29) is 0 Å². The van der Waals surface area contributed by atoms with Gasteiger partial charge in [-0.15, -0.1) is 0 Å². The molecule has 1 rings (SSSR count). The number of hydrogen-bond acceptors (Lipinski definition) is 4. The average molecular weight is 292 g/mol. The highest BCUT2D eigenvalue weighted by molar-refractivity contribution is 8.77. The van der Waals surface area contributed by atoms with Crippen molar-refractivity contribution in [1.82, 2.24) is 10.6 Å². The van der Waals surface area contributed by atoms with Gasteiger partial charge in [-0.25, -0.2) is 4.79 Å². The Morgan fingerprint density at radius 1 is 1.44 bits per heavy atom. The maximum absolute atomic E-state index is 11.3. The van der Waals surface area contributed by atoms with Gasteiger partial charge in [-0.2, -0.15) is 0 Å². The lowest BCUT2D eigenvalue weighted by Gasteiger charge is -2.11. The van der Waals surface area contributed by atoms with Crippen molar-refractivity contribution < 1.29 is 14.7 Å². The molecule has 0 aliphatic carbocycles. The predicted octanol–water partition coefficient (Wildman–Crippen LogP) is 2.08. The first kappa shape index (κ1) is 15.5. The lowest BCUT2D eigenvalue weighted by molar-refractivity contribution is -0.138. The smallest absolute Gasteiger partial charge is 0.325 e. The molecule has 1 unspecified atom stereocenters. The Kier molecular flexibility index (Phi) is 7.34. The molecule has 0 radical (unpaired) electrons. The first-order valence-electron chi connectivity index (χ1n) is 6.15. The standard InChI is InChI=1S/C11H20N2O3S2/c1-8(10(14)15)13-11(16)12-6-3-2-4-9-5-7-17-18-9/h8-9H,2-7H2,1H3,(H,14,15)(H2,12,13,16)/t8?,9-/m0/s1. The molecule has 0 aromatic rings. The number of carbonyl (C=O) groups is 2. The Bertz CT molecular complexity index is 283. The summed E-state index contributed by atoms with van der Waals surface area (Å²) in [6.07, 6.45) is 4.54. The van der Waals surface area contributed by atoms with Crippen LogP contribution in [0, 0.1) is 0 Å². The van der Waals surface area contributed by atoms with Crippen LogP contribution in [0.1, 0.15) is 32.6 Å². The summed E-state index contributed by atoms with van der Waals surface area (Å²) in [6.45, 7) is 2.04. The molecule has 0 saturated carbocycles. The normalized spacial score (nSPS) is 20.4. The highest BCUT2D eigenvalue weighted by Crippen LogP contribution is 2.39. The van der Waals surface area contributed by atoms with E-state index in [1.165, 1.54) is 25.5 Å². The molecule has 1 fully saturated rings. The highest BCUT2D eigenvalue weighted by atomic mass is 33.1. The molecule has 2 atom stereocenters. The van der Waals surface area contributed by atoms with Gasteiger partial charge < -0.3 is 15.7 Å². The fourth-order valence-corrected chi connectivity index (χ4v) is 4.60. The summed E-state index contributed by atoms with van der Waals surface area (Å²) in [7, 11) is 3.91. The molecule has 2 amide bonds. The van der Waals surface area contributed by atoms with Crippen molar-refractivity contribution in [3.05, 3.63) is 0 Å². The third-order valence-corrected chi connectivity index (χ3v) is 5.69. The van der Waals surface area contributed by atoms with E-state index in [0.717, 1.165) is 18.1 Å². The minimum absolute atomic E-state index is 0.407. The average Bonchev–Trinajstić information content (AvgIpc) is 2.81. The zero-order valence-corrected chi connectivity index (χ0v) is 12.1. The van der Waals surface area contributed by atoms with E-state index in [1.807, 2.05) is 21.6 Å². The third kappa shape index (κ3) is 6.39. The summed E-state index contributed by atoms with van der Waals surface area (Å²) < 4.78 is 0. The van der Waals surface area contributed by atoms with Crippen molar-refractivity contribution >= 4 is 33.6 Å². The fourth-order valence-electron chi connectivity index (χ4n) is 1.57. The van der Waals surface area contributed by atoms with Crippen LogP contribution in [0.15, 0.2) is 0 Å². The van der Waals surface area contributed by atoms with Crippen LogP contribution >= 0.6 is 21.6 Å². The van der Waals surface area contributed by atoms with Crippen LogP contribution in [0.5, 0.6) is 0 Å². The number of aliphatic carboxylic acids is 1. The molecule has 104 valence electrons. The Hall–Kier alpha value is -0.560. The van der Waals surface area contributed by atoms with Crippen molar-refractivity contribution in [2.24, 2.45) is 0 Å². The number of hydrogen-bond donors (Lipinski definition) is 3. The first-order chi connectivity index (χ1) is 8.59. The van der Waals surface area contributed by atoms with E-state index in [9.17, 15) is 9.59 Å². The largest absolute Gasteiger partial charge is 0.480 e. The SMILES string of the molecule is CC(NC(=O)NCCCC[C@H]1CCSS1)C(=O)O. The van der Waals surface area contributed by atoms with Gasteiger partial charge in [-0.05, 0) is 26.2 Å². The van der Waals surface area contributed by atoms with Crippen LogP contribution in [-0.4, -0.2) is 40.7 Å². The monoisotopic (exact) mass is 292 g/mol. The minimum Gasteiger partial charge on any atom is -0.480 e. The van der Waals surface area contributed by atoms with E-state index in [1.54, 1.807) is 0 Å². The zero-order chi connectivity index (χ0) is 13.4. The second-order valence-corrected chi connectivity index (χ2v) is 7.07. The summed E-state index contributed by atoms with van der Waals surface area (Å²) >= 11 is 0. The maximum atomic E-state index is 11.3. The van der Waals surface area contributed by atoms with Gasteiger partial charge in [-0.3, -0.25) is 4.79 Å². The minimum atomic E-state index is -1.03. The molecule has 1 saturated heterocycles. The van der Waals surface area contributed by atoms with Crippen LogP contribution in [-0.2, 0) is 4.79 Å². The van der Waals surface area contributed by atoms with Gasteiger partial charge in [0.1, 0.15) is 6.04 Å². The van der Waals surface area contributed by atoms with Gasteiger partial charge in [0.25, 0.3) is 0 Å². The quantitative estimate of drug-likeness (QED) is 0.494. The molecule has 0 spiro atoms. The highest BCUT2D eigenvalue weighted by Gasteiger charge is 2.16. The first-order valence-corrected chi connectivity index (χ1v) is 8.53. The Labute approximate surface area is 115 Å². The van der Waals surface area contributed by atoms with Crippen LogP contribution in [0.2, 0.25) is 0 Å². The molecule has 1 aliphatic heterocycles. The van der Waals surface area contributed by atoms with Crippen molar-refractivity contribution in [2.45, 2.75) is 43.9 Å². The zero-order valence-electron chi connectivity index (χ0n) is 10.5. The van der Waals surface area contributed by atoms with E-state index in [2.05, 4.69) is 10.6 Å². The van der Waals surface area contributed by atoms with Crippen LogP contribution in [0.3, 0.4) is 0 Å². The van der Waals surface area contributed by atoms with Crippen molar-refractivity contribution in [3.8, 4) is 0 Å². The molecule has 0 bridgehead atoms. The molecule has 7 heteroatoms. The number of urea groups is 1. The molecule has 3 N–H and O–H groups in total. The number of carboxylic acid groups (broad SMARTS) is 1. The summed E-state index contributed by atoms with van der Waals surface area (Å²) in [5.41, 5.74) is 0. The number of amides is 2. The van der Waals surface area contributed by atoms with Gasteiger partial charge in [0.05, 0.1) is 0 Å². The number of rotatable bonds is 7. The molecule has 0 aromatic carbocycles. The molecule has 1 aliphatic rings. The van der Waals surface area contributed by atoms with Gasteiger partial charge >= 0.3 is 12.0 Å². The Morgan fingerprint density at radius 3 is 2.83 bits per heavy atom. The molecule has 5 nitrogen and oxygen atoms in total. The second kappa shape index (κ2) is 8.53. The van der Waals surface area contributed by atoms with Crippen LogP contribution < -0.4 is 10.6 Å².